The molecule has 2 aromatic rings. The lowest BCUT2D eigenvalue weighted by Crippen LogP contribution is -2.29. The molecule has 1 heterocycles. The van der Waals surface area contributed by atoms with Gasteiger partial charge in [0.05, 0.1) is 11.6 Å². The Bertz CT molecular complexity index is 936. The number of halogens is 3. The van der Waals surface area contributed by atoms with Crippen molar-refractivity contribution in [3.05, 3.63) is 53.3 Å². The summed E-state index contributed by atoms with van der Waals surface area (Å²) >= 11 is 0. The Balaban J connectivity index is 2.29. The molecule has 0 saturated carbocycles. The number of alkyl halides is 3. The maximum Gasteiger partial charge on any atom is 0.416 e. The van der Waals surface area contributed by atoms with Crippen LogP contribution in [0.15, 0.2) is 45.9 Å². The minimum Gasteiger partial charge on any atom is -0.438 e. The number of carbonyl (C=O) groups excluding carboxylic acids is 1. The van der Waals surface area contributed by atoms with Gasteiger partial charge < -0.3 is 9.73 Å². The number of benzene rings is 1. The third-order valence-electron chi connectivity index (χ3n) is 3.97. The molecule has 0 radical (unpaired) electrons. The summed E-state index contributed by atoms with van der Waals surface area (Å²) in [5, 5.41) is 2.20. The first kappa shape index (κ1) is 22.0. The second-order valence-corrected chi connectivity index (χ2v) is 8.42. The van der Waals surface area contributed by atoms with Gasteiger partial charge in [-0.1, -0.05) is 26.0 Å². The van der Waals surface area contributed by atoms with E-state index in [0.29, 0.717) is 12.0 Å². The van der Waals surface area contributed by atoms with Crippen molar-refractivity contribution in [3.8, 4) is 0 Å². The molecule has 0 saturated heterocycles. The van der Waals surface area contributed by atoms with Gasteiger partial charge in [-0.25, -0.2) is 13.1 Å². The Morgan fingerprint density at radius 3 is 2.43 bits per heavy atom. The molecule has 1 amide bonds. The molecule has 0 aliphatic carbocycles. The lowest BCUT2D eigenvalue weighted by molar-refractivity contribution is -0.137. The van der Waals surface area contributed by atoms with Crippen LogP contribution in [0.1, 0.15) is 48.0 Å². The molecule has 2 N–H and O–H groups in total. The standard InChI is InChI=1S/C18H21F3N2O4S/c1-11(2)9-14(12-5-4-6-13(10-12)18(19,20)21)23-17(24)15-7-8-16(27-15)28(25,26)22-3/h4-8,10-11,14,22H,9H2,1-3H3,(H,23,24). The lowest BCUT2D eigenvalue weighted by Gasteiger charge is -2.21. The smallest absolute Gasteiger partial charge is 0.416 e. The first-order chi connectivity index (χ1) is 12.9. The van der Waals surface area contributed by atoms with Gasteiger partial charge in [0.2, 0.25) is 5.09 Å². The maximum atomic E-state index is 13.0. The number of hydrogen-bond donors (Lipinski definition) is 2. The molecule has 154 valence electrons. The number of hydrogen-bond acceptors (Lipinski definition) is 4. The van der Waals surface area contributed by atoms with Crippen LogP contribution in [0.3, 0.4) is 0 Å². The summed E-state index contributed by atoms with van der Waals surface area (Å²) in [6.45, 7) is 3.74. The van der Waals surface area contributed by atoms with E-state index in [1.54, 1.807) is 0 Å². The van der Waals surface area contributed by atoms with Crippen LogP contribution in [-0.2, 0) is 16.2 Å². The second-order valence-electron chi connectivity index (χ2n) is 6.61. The first-order valence-electron chi connectivity index (χ1n) is 8.45. The number of rotatable bonds is 7. The molecular weight excluding hydrogens is 397 g/mol. The van der Waals surface area contributed by atoms with Crippen LogP contribution in [0, 0.1) is 5.92 Å². The van der Waals surface area contributed by atoms with Crippen molar-refractivity contribution in [2.45, 2.75) is 37.6 Å². The van der Waals surface area contributed by atoms with Gasteiger partial charge in [0, 0.05) is 0 Å². The first-order valence-corrected chi connectivity index (χ1v) is 9.93. The predicted molar refractivity (Wildman–Crippen MR) is 96.1 cm³/mol. The Hall–Kier alpha value is -2.33. The van der Waals surface area contributed by atoms with Crippen molar-refractivity contribution in [3.63, 3.8) is 0 Å². The zero-order valence-electron chi connectivity index (χ0n) is 15.5. The summed E-state index contributed by atoms with van der Waals surface area (Å²) < 4.78 is 69.6. The zero-order valence-corrected chi connectivity index (χ0v) is 16.3. The molecule has 1 aromatic carbocycles. The Kier molecular flexibility index (Phi) is 6.56. The SMILES string of the molecule is CNS(=O)(=O)c1ccc(C(=O)NC(CC(C)C)c2cccc(C(F)(F)F)c2)o1. The van der Waals surface area contributed by atoms with Crippen LogP contribution in [0.25, 0.3) is 0 Å². The summed E-state index contributed by atoms with van der Waals surface area (Å²) in [7, 11) is -2.66. The van der Waals surface area contributed by atoms with Gasteiger partial charge in [-0.05, 0) is 49.2 Å². The van der Waals surface area contributed by atoms with Crippen molar-refractivity contribution in [1.82, 2.24) is 10.0 Å². The second kappa shape index (κ2) is 8.36. The fourth-order valence-electron chi connectivity index (χ4n) is 2.60. The van der Waals surface area contributed by atoms with E-state index < -0.39 is 38.8 Å². The maximum absolute atomic E-state index is 13.0. The normalized spacial score (nSPS) is 13.5. The average Bonchev–Trinajstić information content (AvgIpc) is 3.11. The van der Waals surface area contributed by atoms with Crippen molar-refractivity contribution >= 4 is 15.9 Å². The van der Waals surface area contributed by atoms with Crippen LogP contribution in [-0.4, -0.2) is 21.4 Å². The highest BCUT2D eigenvalue weighted by Gasteiger charge is 2.31. The van der Waals surface area contributed by atoms with Gasteiger partial charge in [0.25, 0.3) is 15.9 Å². The van der Waals surface area contributed by atoms with Crippen molar-refractivity contribution in [2.75, 3.05) is 7.05 Å². The number of sulfonamides is 1. The van der Waals surface area contributed by atoms with Gasteiger partial charge in [0.1, 0.15) is 0 Å². The molecule has 0 spiro atoms. The number of nitrogens with one attached hydrogen (secondary N) is 2. The van der Waals surface area contributed by atoms with Gasteiger partial charge >= 0.3 is 6.18 Å². The highest BCUT2D eigenvalue weighted by molar-refractivity contribution is 7.89. The Labute approximate surface area is 161 Å². The summed E-state index contributed by atoms with van der Waals surface area (Å²) in [5.74, 6) is -0.896. The van der Waals surface area contributed by atoms with E-state index in [9.17, 15) is 26.4 Å². The molecule has 0 aliphatic heterocycles. The molecular formula is C18H21F3N2O4S. The molecule has 0 fully saturated rings. The molecule has 1 unspecified atom stereocenters. The van der Waals surface area contributed by atoms with Gasteiger partial charge in [-0.15, -0.1) is 0 Å². The van der Waals surface area contributed by atoms with E-state index in [4.69, 9.17) is 4.42 Å². The Morgan fingerprint density at radius 1 is 1.18 bits per heavy atom. The highest BCUT2D eigenvalue weighted by Crippen LogP contribution is 2.32. The molecule has 28 heavy (non-hydrogen) atoms. The number of furan rings is 1. The number of amides is 1. The predicted octanol–water partition coefficient (Wildman–Crippen LogP) is 3.72. The van der Waals surface area contributed by atoms with E-state index in [2.05, 4.69) is 10.0 Å². The fraction of sp³-hybridized carbons (Fsp3) is 0.389. The third-order valence-corrected chi connectivity index (χ3v) is 5.25. The molecule has 1 atom stereocenters. The van der Waals surface area contributed by atoms with Crippen molar-refractivity contribution < 1.29 is 30.8 Å². The van der Waals surface area contributed by atoms with E-state index in [0.717, 1.165) is 18.2 Å². The molecule has 2 rings (SSSR count). The van der Waals surface area contributed by atoms with Crippen molar-refractivity contribution in [1.29, 1.82) is 0 Å². The topological polar surface area (TPSA) is 88.4 Å². The van der Waals surface area contributed by atoms with E-state index in [1.165, 1.54) is 25.2 Å². The minimum absolute atomic E-state index is 0.0803. The summed E-state index contributed by atoms with van der Waals surface area (Å²) in [4.78, 5) is 12.5. The van der Waals surface area contributed by atoms with Gasteiger partial charge in [-0.3, -0.25) is 4.79 Å². The van der Waals surface area contributed by atoms with Crippen LogP contribution >= 0.6 is 0 Å². The fourth-order valence-corrected chi connectivity index (χ4v) is 3.25. The van der Waals surface area contributed by atoms with E-state index in [1.807, 2.05) is 13.8 Å². The van der Waals surface area contributed by atoms with E-state index in [-0.39, 0.29) is 11.7 Å². The molecule has 6 nitrogen and oxygen atoms in total. The van der Waals surface area contributed by atoms with E-state index >= 15 is 0 Å². The zero-order chi connectivity index (χ0) is 21.1. The third kappa shape index (κ3) is 5.35. The minimum atomic E-state index is -4.50. The number of carbonyl (C=O) groups is 1. The van der Waals surface area contributed by atoms with Crippen LogP contribution < -0.4 is 10.0 Å². The van der Waals surface area contributed by atoms with Crippen LogP contribution in [0.5, 0.6) is 0 Å². The van der Waals surface area contributed by atoms with Crippen LogP contribution in [0.4, 0.5) is 13.2 Å². The molecule has 0 aliphatic rings. The largest absolute Gasteiger partial charge is 0.438 e. The molecule has 10 heteroatoms. The van der Waals surface area contributed by atoms with Gasteiger partial charge in [-0.2, -0.15) is 13.2 Å². The highest BCUT2D eigenvalue weighted by atomic mass is 32.2. The monoisotopic (exact) mass is 418 g/mol. The quantitative estimate of drug-likeness (QED) is 0.717. The Morgan fingerprint density at radius 2 is 1.86 bits per heavy atom. The summed E-state index contributed by atoms with van der Waals surface area (Å²) in [6.07, 6.45) is -4.12. The van der Waals surface area contributed by atoms with Gasteiger partial charge in [0.15, 0.2) is 5.76 Å². The van der Waals surface area contributed by atoms with Crippen LogP contribution in [0.2, 0.25) is 0 Å². The lowest BCUT2D eigenvalue weighted by atomic mass is 9.95. The summed E-state index contributed by atoms with van der Waals surface area (Å²) in [5.41, 5.74) is -0.514. The average molecular weight is 418 g/mol. The molecule has 1 aromatic heterocycles. The van der Waals surface area contributed by atoms with Crippen molar-refractivity contribution in [2.24, 2.45) is 5.92 Å². The molecule has 0 bridgehead atoms. The summed E-state index contributed by atoms with van der Waals surface area (Å²) in [6, 6.07) is 6.35.